The molecule has 0 aliphatic rings. The summed E-state index contributed by atoms with van der Waals surface area (Å²) in [6, 6.07) is 0. The third kappa shape index (κ3) is 21.2. The predicted molar refractivity (Wildman–Crippen MR) is 41.5 cm³/mol. The quantitative estimate of drug-likeness (QED) is 0.554. The number of hydrogen-bond donors (Lipinski definition) is 0. The molecule has 0 atom stereocenters. The maximum absolute atomic E-state index is 3.30. The van der Waals surface area contributed by atoms with Crippen LogP contribution in [0.3, 0.4) is 0 Å². The molecule has 5 heavy (non-hydrogen) atoms. The Labute approximate surface area is 60.8 Å². The number of rotatable bonds is 0. The first kappa shape index (κ1) is 7.48. The van der Waals surface area contributed by atoms with Gasteiger partial charge in [0, 0.05) is 0 Å². The molecule has 32 valence electrons. The summed E-state index contributed by atoms with van der Waals surface area (Å²) < 4.78 is 0. The summed E-state index contributed by atoms with van der Waals surface area (Å²) in [4.78, 5) is 0. The van der Waals surface area contributed by atoms with Crippen molar-refractivity contribution < 1.29 is 0 Å². The molecule has 0 fully saturated rings. The van der Waals surface area contributed by atoms with Gasteiger partial charge in [0.1, 0.15) is 0 Å². The van der Waals surface area contributed by atoms with Crippen LogP contribution in [-0.2, 0) is 0 Å². The van der Waals surface area contributed by atoms with E-state index in [0.717, 1.165) is 0 Å². The standard InChI is InChI=1S/AsBr4/c2-1(3,4)5/q+1. The first-order valence-electron chi connectivity index (χ1n) is 0.676. The maximum atomic E-state index is 3.30. The molecule has 0 aliphatic heterocycles. The van der Waals surface area contributed by atoms with Gasteiger partial charge in [0.05, 0.1) is 0 Å². The molecule has 0 unspecified atom stereocenters. The van der Waals surface area contributed by atoms with Crippen LogP contribution in [0.4, 0.5) is 0 Å². The van der Waals surface area contributed by atoms with E-state index in [-0.39, 0.29) is 0 Å². The second kappa shape index (κ2) is 2.70. The number of hydrogen-bond acceptors (Lipinski definition) is 0. The molecule has 0 rings (SSSR count). The molecule has 0 heterocycles. The van der Waals surface area contributed by atoms with E-state index in [9.17, 15) is 0 Å². The summed E-state index contributed by atoms with van der Waals surface area (Å²) in [5.74, 6) is 0. The van der Waals surface area contributed by atoms with Crippen molar-refractivity contribution in [3.05, 3.63) is 0 Å². The van der Waals surface area contributed by atoms with Crippen LogP contribution in [0.5, 0.6) is 0 Å². The van der Waals surface area contributed by atoms with Crippen LogP contribution in [-0.4, -0.2) is 6.09 Å². The van der Waals surface area contributed by atoms with Gasteiger partial charge in [-0.05, 0) is 0 Å². The fraction of sp³-hybridized carbons (Fsp3) is 0. The fourth-order valence-corrected chi connectivity index (χ4v) is 0. The first-order valence-corrected chi connectivity index (χ1v) is 18.3. The van der Waals surface area contributed by atoms with Gasteiger partial charge in [0.2, 0.25) is 0 Å². The summed E-state index contributed by atoms with van der Waals surface area (Å²) in [7, 11) is 0. The van der Waals surface area contributed by atoms with Gasteiger partial charge in [-0.2, -0.15) is 0 Å². The molecule has 0 saturated carbocycles. The third-order valence-corrected chi connectivity index (χ3v) is 0. The first-order chi connectivity index (χ1) is 2.00. The van der Waals surface area contributed by atoms with Crippen molar-refractivity contribution in [2.24, 2.45) is 0 Å². The Morgan fingerprint density at radius 2 is 0.800 bits per heavy atom. The van der Waals surface area contributed by atoms with Crippen LogP contribution in [0.25, 0.3) is 0 Å². The molecule has 0 amide bonds. The van der Waals surface area contributed by atoms with E-state index in [1.807, 2.05) is 0 Å². The van der Waals surface area contributed by atoms with Crippen LogP contribution in [0.1, 0.15) is 0 Å². The molecule has 0 N–H and O–H groups in total. The van der Waals surface area contributed by atoms with Crippen LogP contribution < -0.4 is 0 Å². The minimum absolute atomic E-state index is 1.62. The van der Waals surface area contributed by atoms with Crippen molar-refractivity contribution in [1.82, 2.24) is 0 Å². The molecule has 0 saturated heterocycles. The zero-order chi connectivity index (χ0) is 4.50. The average molecular weight is 395 g/mol. The molecule has 5 heteroatoms. The van der Waals surface area contributed by atoms with Crippen molar-refractivity contribution in [2.45, 2.75) is 0 Å². The number of halogens is 4. The molecule has 0 aromatic heterocycles. The van der Waals surface area contributed by atoms with Crippen LogP contribution >= 0.6 is 55.7 Å². The van der Waals surface area contributed by atoms with Gasteiger partial charge in [-0.1, -0.05) is 0 Å². The topological polar surface area (TPSA) is 0 Å². The zero-order valence-electron chi connectivity index (χ0n) is 1.96. The summed E-state index contributed by atoms with van der Waals surface area (Å²) in [6.07, 6.45) is -1.62. The second-order valence-corrected chi connectivity index (χ2v) is 53.8. The van der Waals surface area contributed by atoms with Crippen molar-refractivity contribution >= 4 is 61.8 Å². The monoisotopic (exact) mass is 391 g/mol. The minimum atomic E-state index is -1.62. The fourth-order valence-electron chi connectivity index (χ4n) is 0. The Morgan fingerprint density at radius 3 is 0.800 bits per heavy atom. The van der Waals surface area contributed by atoms with Crippen molar-refractivity contribution in [2.75, 3.05) is 0 Å². The molecular weight excluding hydrogens is 395 g/mol. The summed E-state index contributed by atoms with van der Waals surface area (Å²) in [6.45, 7) is 0. The van der Waals surface area contributed by atoms with E-state index in [2.05, 4.69) is 55.7 Å². The predicted octanol–water partition coefficient (Wildman–Crippen LogP) is 3.00. The zero-order valence-corrected chi connectivity index (χ0v) is 10.2. The van der Waals surface area contributed by atoms with Crippen molar-refractivity contribution in [1.29, 1.82) is 0 Å². The molecule has 0 nitrogen and oxygen atoms in total. The van der Waals surface area contributed by atoms with Gasteiger partial charge in [-0.15, -0.1) is 0 Å². The Balaban J connectivity index is 3.02. The van der Waals surface area contributed by atoms with Gasteiger partial charge >= 0.3 is 61.8 Å². The van der Waals surface area contributed by atoms with Crippen LogP contribution in [0.15, 0.2) is 0 Å². The molecule has 0 aliphatic carbocycles. The van der Waals surface area contributed by atoms with E-state index in [0.29, 0.717) is 0 Å². The van der Waals surface area contributed by atoms with Gasteiger partial charge in [0.25, 0.3) is 0 Å². The van der Waals surface area contributed by atoms with E-state index in [1.165, 1.54) is 0 Å². The van der Waals surface area contributed by atoms with E-state index in [4.69, 9.17) is 0 Å². The van der Waals surface area contributed by atoms with Gasteiger partial charge in [-0.3, -0.25) is 0 Å². The second-order valence-electron chi connectivity index (χ2n) is 0.383. The average Bonchev–Trinajstić information content (AvgIpc) is 0.722. The van der Waals surface area contributed by atoms with E-state index >= 15 is 0 Å². The van der Waals surface area contributed by atoms with Gasteiger partial charge < -0.3 is 0 Å². The molecule has 0 aromatic carbocycles. The van der Waals surface area contributed by atoms with E-state index < -0.39 is 6.09 Å². The normalized spacial score (nSPS) is 12.0. The molecule has 0 bridgehead atoms. The SMILES string of the molecule is Br[As+](Br)(Br)Br. The van der Waals surface area contributed by atoms with Crippen molar-refractivity contribution in [3.8, 4) is 0 Å². The van der Waals surface area contributed by atoms with Crippen LogP contribution in [0.2, 0.25) is 0 Å². The van der Waals surface area contributed by atoms with E-state index in [1.54, 1.807) is 0 Å². The van der Waals surface area contributed by atoms with Gasteiger partial charge in [0.15, 0.2) is 0 Å². The summed E-state index contributed by atoms with van der Waals surface area (Å²) >= 11 is 13.2. The summed E-state index contributed by atoms with van der Waals surface area (Å²) in [5, 5.41) is 0. The Kier molecular flexibility index (Phi) is 4.05. The summed E-state index contributed by atoms with van der Waals surface area (Å²) in [5.41, 5.74) is 0. The van der Waals surface area contributed by atoms with Crippen molar-refractivity contribution in [3.63, 3.8) is 0 Å². The Hall–Kier alpha value is 2.48. The third-order valence-electron chi connectivity index (χ3n) is 0. The Bertz CT molecular complexity index is 19.1. The van der Waals surface area contributed by atoms with Crippen LogP contribution in [0, 0.1) is 0 Å². The van der Waals surface area contributed by atoms with Gasteiger partial charge in [-0.25, -0.2) is 0 Å². The Morgan fingerprint density at radius 1 is 0.800 bits per heavy atom. The molecule has 0 aromatic rings. The molecular formula is AsBr4+. The molecule has 0 radical (unpaired) electrons. The molecule has 0 spiro atoms.